The molecular formula is C29H41N3O3. The van der Waals surface area contributed by atoms with Crippen molar-refractivity contribution in [3.05, 3.63) is 77.9 Å². The molecule has 2 rings (SSSR count). The van der Waals surface area contributed by atoms with Gasteiger partial charge < -0.3 is 0 Å². The highest BCUT2D eigenvalue weighted by molar-refractivity contribution is 5.87. The maximum absolute atomic E-state index is 13.3. The number of hydrogen-bond acceptors (Lipinski definition) is 4. The molecule has 0 saturated heterocycles. The van der Waals surface area contributed by atoms with E-state index >= 15 is 0 Å². The fraction of sp³-hybridized carbons (Fsp3) is 0.448. The minimum atomic E-state index is -0.571. The van der Waals surface area contributed by atoms with Gasteiger partial charge in [0.1, 0.15) is 0 Å². The summed E-state index contributed by atoms with van der Waals surface area (Å²) in [6, 6.07) is 19.6. The van der Waals surface area contributed by atoms with Gasteiger partial charge in [-0.1, -0.05) is 107 Å². The molecule has 2 aromatic rings. The first kappa shape index (κ1) is 28.3. The first-order chi connectivity index (χ1) is 16.9. The molecule has 0 bridgehead atoms. The predicted molar refractivity (Wildman–Crippen MR) is 142 cm³/mol. The molecule has 6 heteroatoms. The first-order valence-electron chi connectivity index (χ1n) is 12.6. The van der Waals surface area contributed by atoms with Crippen LogP contribution >= 0.6 is 0 Å². The van der Waals surface area contributed by atoms with Crippen LogP contribution in [0, 0.1) is 23.7 Å². The van der Waals surface area contributed by atoms with Crippen LogP contribution in [0.1, 0.15) is 58.1 Å². The van der Waals surface area contributed by atoms with E-state index in [9.17, 15) is 9.59 Å². The predicted octanol–water partition coefficient (Wildman–Crippen LogP) is 5.28. The highest BCUT2D eigenvalue weighted by Gasteiger charge is 2.33. The summed E-state index contributed by atoms with van der Waals surface area (Å²) in [5.41, 5.74) is 10.5. The standard InChI is InChI=1S/C29H41N3O3/c1-5-23(4)20-30-31-28(33)27(19-22(2)3)26(18-12-17-24-13-8-6-9-14-24)29(34)32-35-21-25-15-10-7-11-16-25/h6-17,22-23,26-27,30H,5,18-21H2,1-4H3,(H,31,33)(H,32,34)/b17-12+/t23-,26-,27+/m0/s1. The van der Waals surface area contributed by atoms with Gasteiger partial charge in [0.15, 0.2) is 0 Å². The van der Waals surface area contributed by atoms with Crippen LogP contribution in [0.2, 0.25) is 0 Å². The van der Waals surface area contributed by atoms with Crippen molar-refractivity contribution in [1.29, 1.82) is 0 Å². The lowest BCUT2D eigenvalue weighted by Gasteiger charge is -2.26. The van der Waals surface area contributed by atoms with Gasteiger partial charge in [-0.05, 0) is 35.8 Å². The summed E-state index contributed by atoms with van der Waals surface area (Å²) in [5, 5.41) is 0. The Labute approximate surface area is 210 Å². The number of hydrogen-bond donors (Lipinski definition) is 3. The van der Waals surface area contributed by atoms with Gasteiger partial charge in [0.2, 0.25) is 11.8 Å². The summed E-state index contributed by atoms with van der Waals surface area (Å²) >= 11 is 0. The van der Waals surface area contributed by atoms with E-state index in [0.29, 0.717) is 25.3 Å². The van der Waals surface area contributed by atoms with Gasteiger partial charge in [0, 0.05) is 6.54 Å². The van der Waals surface area contributed by atoms with E-state index in [1.165, 1.54) is 0 Å². The molecule has 0 radical (unpaired) electrons. The number of benzene rings is 2. The average Bonchev–Trinajstić information content (AvgIpc) is 2.86. The Kier molecular flexibility index (Phi) is 12.8. The molecule has 0 aliphatic heterocycles. The van der Waals surface area contributed by atoms with Gasteiger partial charge in [-0.3, -0.25) is 19.9 Å². The van der Waals surface area contributed by atoms with E-state index in [2.05, 4.69) is 44.0 Å². The molecule has 0 spiro atoms. The van der Waals surface area contributed by atoms with Gasteiger partial charge in [-0.25, -0.2) is 10.9 Å². The van der Waals surface area contributed by atoms with Crippen LogP contribution < -0.4 is 16.3 Å². The van der Waals surface area contributed by atoms with Crippen LogP contribution in [-0.4, -0.2) is 18.4 Å². The molecule has 0 fully saturated rings. The number of hydroxylamine groups is 1. The number of carbonyl (C=O) groups excluding carboxylic acids is 2. The Morgan fingerprint density at radius 1 is 0.914 bits per heavy atom. The molecule has 2 amide bonds. The number of hydrazine groups is 1. The normalized spacial score (nSPS) is 14.0. The van der Waals surface area contributed by atoms with E-state index < -0.39 is 11.8 Å². The molecule has 2 aromatic carbocycles. The lowest BCUT2D eigenvalue weighted by atomic mass is 9.82. The van der Waals surface area contributed by atoms with E-state index in [1.807, 2.05) is 72.8 Å². The molecule has 0 unspecified atom stereocenters. The van der Waals surface area contributed by atoms with Crippen LogP contribution in [-0.2, 0) is 21.0 Å². The zero-order valence-electron chi connectivity index (χ0n) is 21.5. The van der Waals surface area contributed by atoms with Gasteiger partial charge in [0.05, 0.1) is 18.4 Å². The number of nitrogens with one attached hydrogen (secondary N) is 3. The van der Waals surface area contributed by atoms with Gasteiger partial charge in [0.25, 0.3) is 0 Å². The molecule has 0 aromatic heterocycles. The monoisotopic (exact) mass is 479 g/mol. The summed E-state index contributed by atoms with van der Waals surface area (Å²) in [4.78, 5) is 32.0. The van der Waals surface area contributed by atoms with E-state index in [0.717, 1.165) is 17.5 Å². The largest absolute Gasteiger partial charge is 0.291 e. The number of allylic oxidation sites excluding steroid dienone is 1. The Bertz CT molecular complexity index is 900. The van der Waals surface area contributed by atoms with E-state index in [1.54, 1.807) is 0 Å². The third kappa shape index (κ3) is 10.9. The van der Waals surface area contributed by atoms with Crippen LogP contribution in [0.25, 0.3) is 6.08 Å². The van der Waals surface area contributed by atoms with Crippen molar-refractivity contribution in [3.63, 3.8) is 0 Å². The third-order valence-electron chi connectivity index (χ3n) is 6.00. The van der Waals surface area contributed by atoms with Crippen LogP contribution in [0.4, 0.5) is 0 Å². The Morgan fingerprint density at radius 3 is 2.20 bits per heavy atom. The van der Waals surface area contributed by atoms with Crippen LogP contribution in [0.3, 0.4) is 0 Å². The Hall–Kier alpha value is -2.96. The van der Waals surface area contributed by atoms with Crippen LogP contribution in [0.5, 0.6) is 0 Å². The van der Waals surface area contributed by atoms with Gasteiger partial charge >= 0.3 is 0 Å². The molecule has 0 saturated carbocycles. The SMILES string of the molecule is CC[C@H](C)CNNC(=O)[C@H](CC(C)C)[C@H](C/C=C/c1ccccc1)C(=O)NOCc1ccccc1. The molecule has 3 atom stereocenters. The van der Waals surface area contributed by atoms with Gasteiger partial charge in [-0.15, -0.1) is 0 Å². The first-order valence-corrected chi connectivity index (χ1v) is 12.6. The van der Waals surface area contributed by atoms with Crippen molar-refractivity contribution in [2.45, 2.75) is 53.6 Å². The summed E-state index contributed by atoms with van der Waals surface area (Å²) in [5.74, 6) is -0.837. The molecule has 0 heterocycles. The maximum Gasteiger partial charge on any atom is 0.247 e. The van der Waals surface area contributed by atoms with E-state index in [4.69, 9.17) is 4.84 Å². The number of carbonyl (C=O) groups is 2. The molecule has 0 aliphatic carbocycles. The van der Waals surface area contributed by atoms with Crippen LogP contribution in [0.15, 0.2) is 66.7 Å². The Balaban J connectivity index is 2.13. The van der Waals surface area contributed by atoms with Crippen molar-refractivity contribution >= 4 is 17.9 Å². The second-order valence-electron chi connectivity index (χ2n) is 9.52. The zero-order chi connectivity index (χ0) is 25.5. The third-order valence-corrected chi connectivity index (χ3v) is 6.00. The highest BCUT2D eigenvalue weighted by Crippen LogP contribution is 2.25. The molecule has 3 N–H and O–H groups in total. The summed E-state index contributed by atoms with van der Waals surface area (Å²) < 4.78 is 0. The minimum absolute atomic E-state index is 0.168. The fourth-order valence-corrected chi connectivity index (χ4v) is 3.72. The summed E-state index contributed by atoms with van der Waals surface area (Å²) in [6.07, 6.45) is 5.98. The molecule has 35 heavy (non-hydrogen) atoms. The zero-order valence-corrected chi connectivity index (χ0v) is 21.5. The summed E-state index contributed by atoms with van der Waals surface area (Å²) in [7, 11) is 0. The van der Waals surface area contributed by atoms with Gasteiger partial charge in [-0.2, -0.15) is 0 Å². The molecule has 190 valence electrons. The summed E-state index contributed by atoms with van der Waals surface area (Å²) in [6.45, 7) is 9.31. The van der Waals surface area contributed by atoms with Crippen molar-refractivity contribution in [2.75, 3.05) is 6.54 Å². The second-order valence-corrected chi connectivity index (χ2v) is 9.52. The smallest absolute Gasteiger partial charge is 0.247 e. The maximum atomic E-state index is 13.3. The fourth-order valence-electron chi connectivity index (χ4n) is 3.72. The second kappa shape index (κ2) is 15.8. The topological polar surface area (TPSA) is 79.5 Å². The quantitative estimate of drug-likeness (QED) is 0.304. The number of rotatable bonds is 15. The van der Waals surface area contributed by atoms with Crippen molar-refractivity contribution in [3.8, 4) is 0 Å². The number of amides is 2. The molecular weight excluding hydrogens is 438 g/mol. The average molecular weight is 480 g/mol. The van der Waals surface area contributed by atoms with Crippen molar-refractivity contribution in [1.82, 2.24) is 16.3 Å². The highest BCUT2D eigenvalue weighted by atomic mass is 16.6. The minimum Gasteiger partial charge on any atom is -0.291 e. The molecule has 0 aliphatic rings. The molecule has 6 nitrogen and oxygen atoms in total. The van der Waals surface area contributed by atoms with Crippen molar-refractivity contribution < 1.29 is 14.4 Å². The van der Waals surface area contributed by atoms with E-state index in [-0.39, 0.29) is 24.3 Å². The van der Waals surface area contributed by atoms with Crippen molar-refractivity contribution in [2.24, 2.45) is 23.7 Å². The Morgan fingerprint density at radius 2 is 1.57 bits per heavy atom. The lowest BCUT2D eigenvalue weighted by molar-refractivity contribution is -0.145. The lowest BCUT2D eigenvalue weighted by Crippen LogP contribution is -2.48.